The Hall–Kier alpha value is -3.33. The fraction of sp³-hybridized carbons (Fsp3) is 0.0870. The van der Waals surface area contributed by atoms with Crippen LogP contribution in [0.1, 0.15) is 5.69 Å². The second-order valence-corrected chi connectivity index (χ2v) is 6.67. The van der Waals surface area contributed by atoms with Crippen molar-refractivity contribution in [2.45, 2.75) is 6.04 Å². The molecule has 0 bridgehead atoms. The maximum absolute atomic E-state index is 4.84. The lowest BCUT2D eigenvalue weighted by Crippen LogP contribution is -2.31. The molecule has 3 aromatic rings. The van der Waals surface area contributed by atoms with Gasteiger partial charge in [-0.2, -0.15) is 0 Å². The molecule has 0 saturated heterocycles. The number of hydrogen-bond donors (Lipinski definition) is 1. The number of hydrogen-bond acceptors (Lipinski definition) is 2. The molecule has 2 aliphatic rings. The molecular formula is C23H19N3. The number of dihydropyridines is 1. The van der Waals surface area contributed by atoms with Crippen LogP contribution >= 0.6 is 0 Å². The van der Waals surface area contributed by atoms with E-state index in [0.717, 1.165) is 33.7 Å². The standard InChI is InChI=1S/C23H19N3/c1-26-22(20-12-10-16-6-2-4-8-18(16)24-20)14-15-23(26)21-13-11-17-7-3-5-9-19(17)25-21/h2-15,18,24H,1H3. The Balaban J connectivity index is 1.54. The van der Waals surface area contributed by atoms with Gasteiger partial charge in [-0.05, 0) is 35.9 Å². The van der Waals surface area contributed by atoms with Gasteiger partial charge in [-0.3, -0.25) is 0 Å². The first kappa shape index (κ1) is 15.0. The third-order valence-electron chi connectivity index (χ3n) is 5.07. The molecule has 5 rings (SSSR count). The molecule has 1 atom stereocenters. The Kier molecular flexibility index (Phi) is 3.39. The highest BCUT2D eigenvalue weighted by molar-refractivity contribution is 5.81. The summed E-state index contributed by atoms with van der Waals surface area (Å²) in [6.45, 7) is 0. The summed E-state index contributed by atoms with van der Waals surface area (Å²) in [5, 5.41) is 4.78. The molecule has 1 aliphatic carbocycles. The zero-order chi connectivity index (χ0) is 17.5. The summed E-state index contributed by atoms with van der Waals surface area (Å²) >= 11 is 0. The summed E-state index contributed by atoms with van der Waals surface area (Å²) in [7, 11) is 2.10. The number of benzene rings is 1. The summed E-state index contributed by atoms with van der Waals surface area (Å²) < 4.78 is 2.21. The lowest BCUT2D eigenvalue weighted by molar-refractivity contribution is 0.793. The number of allylic oxidation sites excluding steroid dienone is 4. The van der Waals surface area contributed by atoms with E-state index in [2.05, 4.69) is 89.8 Å². The maximum Gasteiger partial charge on any atom is 0.0874 e. The fourth-order valence-electron chi connectivity index (χ4n) is 3.65. The van der Waals surface area contributed by atoms with E-state index in [1.165, 1.54) is 5.57 Å². The molecular weight excluding hydrogens is 318 g/mol. The van der Waals surface area contributed by atoms with Crippen LogP contribution in [-0.4, -0.2) is 15.6 Å². The second-order valence-electron chi connectivity index (χ2n) is 6.67. The summed E-state index contributed by atoms with van der Waals surface area (Å²) in [5.41, 5.74) is 6.71. The first-order valence-corrected chi connectivity index (χ1v) is 8.85. The van der Waals surface area contributed by atoms with Crippen LogP contribution in [0.5, 0.6) is 0 Å². The van der Waals surface area contributed by atoms with E-state index in [-0.39, 0.29) is 6.04 Å². The number of aromatic nitrogens is 2. The third kappa shape index (κ3) is 2.40. The SMILES string of the molecule is Cn1c(C2=CC=C3C=CC=CC3N2)ccc1-c1ccc2ccccc2n1. The number of fused-ring (bicyclic) bond motifs is 2. The average molecular weight is 337 g/mol. The van der Waals surface area contributed by atoms with E-state index in [9.17, 15) is 0 Å². The van der Waals surface area contributed by atoms with Gasteiger partial charge in [-0.25, -0.2) is 4.98 Å². The Bertz CT molecular complexity index is 1130. The van der Waals surface area contributed by atoms with Crippen molar-refractivity contribution in [3.8, 4) is 11.4 Å². The van der Waals surface area contributed by atoms with Crippen molar-refractivity contribution < 1.29 is 0 Å². The van der Waals surface area contributed by atoms with Gasteiger partial charge in [0.25, 0.3) is 0 Å². The van der Waals surface area contributed by atoms with Crippen molar-refractivity contribution in [2.75, 3.05) is 0 Å². The zero-order valence-corrected chi connectivity index (χ0v) is 14.6. The van der Waals surface area contributed by atoms with Gasteiger partial charge in [0, 0.05) is 12.4 Å². The molecule has 0 radical (unpaired) electrons. The van der Waals surface area contributed by atoms with Crippen LogP contribution in [0.2, 0.25) is 0 Å². The number of nitrogens with one attached hydrogen (secondary N) is 1. The highest BCUT2D eigenvalue weighted by atomic mass is 15.0. The minimum absolute atomic E-state index is 0.247. The smallest absolute Gasteiger partial charge is 0.0874 e. The van der Waals surface area contributed by atoms with Crippen LogP contribution < -0.4 is 5.32 Å². The van der Waals surface area contributed by atoms with Gasteiger partial charge in [0.1, 0.15) is 0 Å². The van der Waals surface area contributed by atoms with E-state index < -0.39 is 0 Å². The number of pyridine rings is 1. The van der Waals surface area contributed by atoms with Gasteiger partial charge in [0.05, 0.1) is 34.3 Å². The quantitative estimate of drug-likeness (QED) is 0.740. The molecule has 1 aliphatic heterocycles. The second kappa shape index (κ2) is 5.88. The molecule has 2 aromatic heterocycles. The molecule has 3 nitrogen and oxygen atoms in total. The van der Waals surface area contributed by atoms with Crippen LogP contribution in [-0.2, 0) is 7.05 Å². The Labute approximate surface area is 152 Å². The van der Waals surface area contributed by atoms with Gasteiger partial charge >= 0.3 is 0 Å². The molecule has 0 spiro atoms. The minimum atomic E-state index is 0.247. The lowest BCUT2D eigenvalue weighted by atomic mass is 9.98. The molecule has 1 aromatic carbocycles. The van der Waals surface area contributed by atoms with E-state index in [1.54, 1.807) is 0 Å². The van der Waals surface area contributed by atoms with Crippen LogP contribution in [0.4, 0.5) is 0 Å². The summed E-state index contributed by atoms with van der Waals surface area (Å²) in [5.74, 6) is 0. The first-order chi connectivity index (χ1) is 12.8. The summed E-state index contributed by atoms with van der Waals surface area (Å²) in [6, 6.07) is 17.0. The first-order valence-electron chi connectivity index (χ1n) is 8.85. The van der Waals surface area contributed by atoms with E-state index in [4.69, 9.17) is 4.98 Å². The third-order valence-corrected chi connectivity index (χ3v) is 5.07. The predicted molar refractivity (Wildman–Crippen MR) is 107 cm³/mol. The van der Waals surface area contributed by atoms with Crippen molar-refractivity contribution >= 4 is 16.6 Å². The Morgan fingerprint density at radius 2 is 1.81 bits per heavy atom. The molecule has 0 saturated carbocycles. The zero-order valence-electron chi connectivity index (χ0n) is 14.6. The van der Waals surface area contributed by atoms with Crippen molar-refractivity contribution in [2.24, 2.45) is 7.05 Å². The highest BCUT2D eigenvalue weighted by Crippen LogP contribution is 2.28. The molecule has 0 fully saturated rings. The van der Waals surface area contributed by atoms with E-state index in [1.807, 2.05) is 12.1 Å². The minimum Gasteiger partial charge on any atom is -0.373 e. The fourth-order valence-corrected chi connectivity index (χ4v) is 3.65. The topological polar surface area (TPSA) is 29.9 Å². The molecule has 1 N–H and O–H groups in total. The average Bonchev–Trinajstić information content (AvgIpc) is 3.08. The largest absolute Gasteiger partial charge is 0.373 e. The van der Waals surface area contributed by atoms with Gasteiger partial charge in [-0.1, -0.05) is 54.6 Å². The van der Waals surface area contributed by atoms with E-state index in [0.29, 0.717) is 0 Å². The van der Waals surface area contributed by atoms with E-state index >= 15 is 0 Å². The molecule has 1 unspecified atom stereocenters. The van der Waals surface area contributed by atoms with Gasteiger partial charge in [0.15, 0.2) is 0 Å². The number of rotatable bonds is 2. The molecule has 126 valence electrons. The summed E-state index contributed by atoms with van der Waals surface area (Å²) in [6.07, 6.45) is 12.9. The predicted octanol–water partition coefficient (Wildman–Crippen LogP) is 4.61. The summed E-state index contributed by atoms with van der Waals surface area (Å²) in [4.78, 5) is 4.84. The van der Waals surface area contributed by atoms with Crippen LogP contribution in [0.3, 0.4) is 0 Å². The molecule has 0 amide bonds. The van der Waals surface area contributed by atoms with Gasteiger partial charge in [-0.15, -0.1) is 0 Å². The maximum atomic E-state index is 4.84. The van der Waals surface area contributed by atoms with Crippen molar-refractivity contribution in [3.05, 3.63) is 96.3 Å². The Morgan fingerprint density at radius 1 is 0.923 bits per heavy atom. The lowest BCUT2D eigenvalue weighted by Gasteiger charge is -2.25. The molecule has 3 heteroatoms. The van der Waals surface area contributed by atoms with Crippen molar-refractivity contribution in [1.29, 1.82) is 0 Å². The molecule has 3 heterocycles. The van der Waals surface area contributed by atoms with Crippen LogP contribution in [0.25, 0.3) is 28.0 Å². The van der Waals surface area contributed by atoms with Crippen molar-refractivity contribution in [3.63, 3.8) is 0 Å². The number of nitrogens with zero attached hydrogens (tertiary/aromatic N) is 2. The van der Waals surface area contributed by atoms with Crippen LogP contribution in [0.15, 0.2) is 90.6 Å². The monoisotopic (exact) mass is 337 g/mol. The normalized spacial score (nSPS) is 18.3. The van der Waals surface area contributed by atoms with Gasteiger partial charge < -0.3 is 9.88 Å². The molecule has 26 heavy (non-hydrogen) atoms. The van der Waals surface area contributed by atoms with Crippen molar-refractivity contribution in [1.82, 2.24) is 14.9 Å². The Morgan fingerprint density at radius 3 is 2.77 bits per heavy atom. The number of para-hydroxylation sites is 1. The van der Waals surface area contributed by atoms with Crippen LogP contribution in [0, 0.1) is 0 Å². The highest BCUT2D eigenvalue weighted by Gasteiger charge is 2.19. The van der Waals surface area contributed by atoms with Gasteiger partial charge in [0.2, 0.25) is 0 Å².